The van der Waals surface area contributed by atoms with Gasteiger partial charge in [0.05, 0.1) is 19.9 Å². The van der Waals surface area contributed by atoms with E-state index in [1.165, 1.54) is 5.56 Å². The molecule has 8 heteroatoms. The number of aromatic nitrogens is 4. The van der Waals surface area contributed by atoms with Crippen molar-refractivity contribution in [3.63, 3.8) is 0 Å². The predicted octanol–water partition coefficient (Wildman–Crippen LogP) is 5.65. The van der Waals surface area contributed by atoms with Gasteiger partial charge in [0.15, 0.2) is 5.78 Å². The van der Waals surface area contributed by atoms with Crippen LogP contribution in [0.25, 0.3) is 11.6 Å². The number of methoxy groups -OCH3 is 2. The van der Waals surface area contributed by atoms with Gasteiger partial charge < -0.3 is 9.47 Å². The second kappa shape index (κ2) is 13.8. The van der Waals surface area contributed by atoms with Crippen molar-refractivity contribution in [3.8, 4) is 11.8 Å². The van der Waals surface area contributed by atoms with E-state index in [1.54, 1.807) is 39.0 Å². The maximum absolute atomic E-state index is 12.4. The van der Waals surface area contributed by atoms with E-state index in [9.17, 15) is 9.59 Å². The van der Waals surface area contributed by atoms with Crippen LogP contribution >= 0.6 is 0 Å². The van der Waals surface area contributed by atoms with Gasteiger partial charge in [-0.2, -0.15) is 0 Å². The van der Waals surface area contributed by atoms with E-state index in [-0.39, 0.29) is 17.5 Å². The molecule has 0 aliphatic heterocycles. The third-order valence-corrected chi connectivity index (χ3v) is 7.58. The summed E-state index contributed by atoms with van der Waals surface area (Å²) in [5, 5.41) is 0. The van der Waals surface area contributed by atoms with Crippen LogP contribution in [-0.2, 0) is 28.9 Å². The molecule has 4 heterocycles. The first kappa shape index (κ1) is 28.8. The van der Waals surface area contributed by atoms with Crippen LogP contribution in [0.5, 0.6) is 11.8 Å². The average Bonchev–Trinajstić information content (AvgIpc) is 3.28. The lowest BCUT2D eigenvalue weighted by atomic mass is 9.89. The molecule has 0 bridgehead atoms. The van der Waals surface area contributed by atoms with Crippen molar-refractivity contribution in [3.05, 3.63) is 107 Å². The third-order valence-electron chi connectivity index (χ3n) is 7.58. The molecule has 0 saturated heterocycles. The molecule has 4 aromatic heterocycles. The van der Waals surface area contributed by atoms with Crippen molar-refractivity contribution >= 4 is 23.2 Å². The van der Waals surface area contributed by atoms with Crippen LogP contribution in [-0.4, -0.2) is 45.7 Å². The summed E-state index contributed by atoms with van der Waals surface area (Å²) in [4.78, 5) is 42.0. The maximum Gasteiger partial charge on any atom is 0.213 e. The van der Waals surface area contributed by atoms with E-state index in [0.717, 1.165) is 53.8 Å². The first-order chi connectivity index (χ1) is 20.6. The number of hydrogen-bond acceptors (Lipinski definition) is 8. The first-order valence-electron chi connectivity index (χ1n) is 14.2. The second-order valence-corrected chi connectivity index (χ2v) is 10.3. The molecule has 2 aliphatic carbocycles. The maximum atomic E-state index is 12.4. The van der Waals surface area contributed by atoms with E-state index >= 15 is 0 Å². The minimum absolute atomic E-state index is 0.143. The molecular weight excluding hydrogens is 528 g/mol. The van der Waals surface area contributed by atoms with Crippen LogP contribution in [0, 0.1) is 0 Å². The molecule has 0 fully saturated rings. The lowest BCUT2D eigenvalue weighted by Gasteiger charge is -2.16. The number of ether oxygens (including phenoxy) is 2. The standard InChI is InChI=1S/C17H18N2O2.C17H16N2O2/c2*1-21-17-9-12-5-4-7-16(20)14(15(12)11-19-17)10-13-6-2-3-8-18-13/h2-3,6,8-9,11,14H,4-5,7,10H2,1H3;2-3,6,8-11H,4-5,7H2,1H3/b;14-10+. The Kier molecular flexibility index (Phi) is 9.44. The zero-order valence-corrected chi connectivity index (χ0v) is 24.0. The SMILES string of the molecule is COc1cc2c(cn1)/C(=C\c1ccccn1)C(=O)CCC2.COc1cc2c(cn1)C(Cc1ccccn1)C(=O)CCC2. The summed E-state index contributed by atoms with van der Waals surface area (Å²) in [6.45, 7) is 0. The zero-order chi connectivity index (χ0) is 29.3. The number of pyridine rings is 4. The van der Waals surface area contributed by atoms with Gasteiger partial charge in [0.25, 0.3) is 0 Å². The van der Waals surface area contributed by atoms with Crippen molar-refractivity contribution in [1.82, 2.24) is 19.9 Å². The summed E-state index contributed by atoms with van der Waals surface area (Å²) < 4.78 is 10.4. The average molecular weight is 563 g/mol. The number of rotatable bonds is 5. The minimum atomic E-state index is -0.143. The Balaban J connectivity index is 0.000000168. The molecule has 1 atom stereocenters. The van der Waals surface area contributed by atoms with Crippen molar-refractivity contribution in [1.29, 1.82) is 0 Å². The Morgan fingerprint density at radius 1 is 0.786 bits per heavy atom. The molecule has 4 aromatic rings. The number of fused-ring (bicyclic) bond motifs is 2. The molecule has 0 aromatic carbocycles. The normalized spacial score (nSPS) is 17.2. The Morgan fingerprint density at radius 2 is 1.48 bits per heavy atom. The van der Waals surface area contributed by atoms with Crippen LogP contribution in [0.1, 0.15) is 65.2 Å². The number of aryl methyl sites for hydroxylation is 2. The Bertz CT molecular complexity index is 1570. The Morgan fingerprint density at radius 3 is 2.19 bits per heavy atom. The number of hydrogen-bond donors (Lipinski definition) is 0. The Labute approximate surface area is 245 Å². The molecule has 1 unspecified atom stereocenters. The van der Waals surface area contributed by atoms with Gasteiger partial charge >= 0.3 is 0 Å². The van der Waals surface area contributed by atoms with Crippen molar-refractivity contribution in [2.45, 2.75) is 50.9 Å². The zero-order valence-electron chi connectivity index (χ0n) is 24.0. The number of carbonyl (C=O) groups excluding carboxylic acids is 2. The van der Waals surface area contributed by atoms with Crippen LogP contribution < -0.4 is 9.47 Å². The lowest BCUT2D eigenvalue weighted by Crippen LogP contribution is -2.15. The molecule has 0 radical (unpaired) electrons. The molecule has 0 spiro atoms. The highest BCUT2D eigenvalue weighted by Crippen LogP contribution is 2.32. The molecule has 42 heavy (non-hydrogen) atoms. The summed E-state index contributed by atoms with van der Waals surface area (Å²) in [7, 11) is 3.21. The van der Waals surface area contributed by atoms with Crippen molar-refractivity contribution in [2.24, 2.45) is 0 Å². The number of Topliss-reactive ketones (excluding diaryl/α,β-unsaturated/α-hetero) is 2. The van der Waals surface area contributed by atoms with E-state index < -0.39 is 0 Å². The van der Waals surface area contributed by atoms with Gasteiger partial charge in [-0.25, -0.2) is 9.97 Å². The van der Waals surface area contributed by atoms with E-state index in [1.807, 2.05) is 54.6 Å². The van der Waals surface area contributed by atoms with Gasteiger partial charge in [0, 0.05) is 78.9 Å². The molecule has 0 amide bonds. The van der Waals surface area contributed by atoms with Gasteiger partial charge in [0.2, 0.25) is 11.8 Å². The van der Waals surface area contributed by atoms with Crippen LogP contribution in [0.2, 0.25) is 0 Å². The van der Waals surface area contributed by atoms with E-state index in [4.69, 9.17) is 9.47 Å². The quantitative estimate of drug-likeness (QED) is 0.227. The molecule has 6 rings (SSSR count). The molecule has 2 aliphatic rings. The third kappa shape index (κ3) is 6.94. The van der Waals surface area contributed by atoms with Gasteiger partial charge in [-0.15, -0.1) is 0 Å². The highest BCUT2D eigenvalue weighted by molar-refractivity contribution is 6.25. The summed E-state index contributed by atoms with van der Waals surface area (Å²) in [5.74, 6) is 1.48. The van der Waals surface area contributed by atoms with Gasteiger partial charge in [0.1, 0.15) is 5.78 Å². The second-order valence-electron chi connectivity index (χ2n) is 10.3. The number of carbonyl (C=O) groups is 2. The van der Waals surface area contributed by atoms with Crippen molar-refractivity contribution in [2.75, 3.05) is 14.2 Å². The molecule has 0 saturated carbocycles. The molecular formula is C34H34N4O4. The summed E-state index contributed by atoms with van der Waals surface area (Å²) >= 11 is 0. The van der Waals surface area contributed by atoms with Crippen LogP contribution in [0.4, 0.5) is 0 Å². The van der Waals surface area contributed by atoms with Crippen LogP contribution in [0.15, 0.2) is 73.3 Å². The van der Waals surface area contributed by atoms with Crippen molar-refractivity contribution < 1.29 is 19.1 Å². The fraction of sp³-hybridized carbons (Fsp3) is 0.294. The van der Waals surface area contributed by atoms with Crippen LogP contribution in [0.3, 0.4) is 0 Å². The largest absolute Gasteiger partial charge is 0.481 e. The highest BCUT2D eigenvalue weighted by atomic mass is 16.5. The Hall–Kier alpha value is -4.72. The smallest absolute Gasteiger partial charge is 0.213 e. The lowest BCUT2D eigenvalue weighted by molar-refractivity contribution is -0.120. The van der Waals surface area contributed by atoms with Gasteiger partial charge in [-0.05, 0) is 72.7 Å². The summed E-state index contributed by atoms with van der Waals surface area (Å²) in [6.07, 6.45) is 14.2. The fourth-order valence-corrected chi connectivity index (χ4v) is 5.41. The number of ketones is 2. The number of nitrogens with zero attached hydrogens (tertiary/aromatic N) is 4. The first-order valence-corrected chi connectivity index (χ1v) is 14.2. The summed E-state index contributed by atoms with van der Waals surface area (Å²) in [5.41, 5.74) is 6.62. The van der Waals surface area contributed by atoms with E-state index in [0.29, 0.717) is 36.6 Å². The monoisotopic (exact) mass is 562 g/mol. The predicted molar refractivity (Wildman–Crippen MR) is 160 cm³/mol. The van der Waals surface area contributed by atoms with Gasteiger partial charge in [-0.3, -0.25) is 19.6 Å². The van der Waals surface area contributed by atoms with Gasteiger partial charge in [-0.1, -0.05) is 12.1 Å². The highest BCUT2D eigenvalue weighted by Gasteiger charge is 2.27. The topological polar surface area (TPSA) is 104 Å². The molecule has 8 nitrogen and oxygen atoms in total. The van der Waals surface area contributed by atoms with E-state index in [2.05, 4.69) is 19.9 Å². The molecule has 0 N–H and O–H groups in total. The molecule has 214 valence electrons. The minimum Gasteiger partial charge on any atom is -0.481 e. The number of allylic oxidation sites excluding steroid dienone is 1. The fourth-order valence-electron chi connectivity index (χ4n) is 5.41. The summed E-state index contributed by atoms with van der Waals surface area (Å²) in [6, 6.07) is 15.3.